The maximum absolute atomic E-state index is 10.8. The molecule has 1 aromatic rings. The average Bonchev–Trinajstić information content (AvgIpc) is 2.04. The fourth-order valence-electron chi connectivity index (χ4n) is 0.920. The summed E-state index contributed by atoms with van der Waals surface area (Å²) in [4.78, 5) is 10.8. The predicted octanol–water partition coefficient (Wildman–Crippen LogP) is 1.71. The molecule has 0 heterocycles. The summed E-state index contributed by atoms with van der Waals surface area (Å²) in [7, 11) is 0. The third-order valence-electron chi connectivity index (χ3n) is 1.89. The molecule has 70 valence electrons. The zero-order valence-electron chi connectivity index (χ0n) is 7.12. The topological polar surface area (TPSA) is 63.3 Å². The van der Waals surface area contributed by atoms with E-state index in [0.29, 0.717) is 5.56 Å². The van der Waals surface area contributed by atoms with Crippen molar-refractivity contribution in [1.29, 1.82) is 0 Å². The van der Waals surface area contributed by atoms with Crippen LogP contribution in [0.2, 0.25) is 0 Å². The van der Waals surface area contributed by atoms with Crippen LogP contribution in [0.25, 0.3) is 0 Å². The molecule has 0 amide bonds. The molecule has 1 atom stereocenters. The number of hydrogen-bond acceptors (Lipinski definition) is 2. The maximum atomic E-state index is 10.8. The second kappa shape index (κ2) is 3.47. The monoisotopic (exact) mass is 243 g/mol. The van der Waals surface area contributed by atoms with Crippen LogP contribution in [0.5, 0.6) is 0 Å². The van der Waals surface area contributed by atoms with Crippen molar-refractivity contribution in [2.24, 2.45) is 5.73 Å². The number of benzene rings is 1. The number of hydrogen-bond donors (Lipinski definition) is 2. The van der Waals surface area contributed by atoms with Gasteiger partial charge in [0.05, 0.1) is 0 Å². The number of halogens is 1. The van der Waals surface area contributed by atoms with Crippen LogP contribution in [-0.4, -0.2) is 11.1 Å². The molecule has 1 aromatic carbocycles. The quantitative estimate of drug-likeness (QED) is 0.832. The van der Waals surface area contributed by atoms with Crippen LogP contribution in [0.1, 0.15) is 12.5 Å². The Balaban J connectivity index is 3.08. The minimum atomic E-state index is -1.32. The Morgan fingerprint density at radius 1 is 1.46 bits per heavy atom. The van der Waals surface area contributed by atoms with Crippen LogP contribution in [0.15, 0.2) is 28.7 Å². The first kappa shape index (κ1) is 10.2. The summed E-state index contributed by atoms with van der Waals surface area (Å²) in [6.45, 7) is 1.47. The molecular formula is C9H10BrNO2. The van der Waals surface area contributed by atoms with Crippen LogP contribution in [0, 0.1) is 0 Å². The number of carbonyl (C=O) groups is 1. The molecule has 4 heteroatoms. The highest BCUT2D eigenvalue weighted by molar-refractivity contribution is 9.10. The zero-order chi connectivity index (χ0) is 10.1. The van der Waals surface area contributed by atoms with Gasteiger partial charge in [0.15, 0.2) is 0 Å². The highest BCUT2D eigenvalue weighted by Gasteiger charge is 2.29. The Hall–Kier alpha value is -0.870. The van der Waals surface area contributed by atoms with Gasteiger partial charge >= 0.3 is 5.97 Å². The van der Waals surface area contributed by atoms with E-state index in [4.69, 9.17) is 10.8 Å². The molecule has 0 aliphatic carbocycles. The third-order valence-corrected chi connectivity index (χ3v) is 2.42. The second-order valence-electron chi connectivity index (χ2n) is 3.01. The van der Waals surface area contributed by atoms with E-state index in [0.717, 1.165) is 4.47 Å². The van der Waals surface area contributed by atoms with Crippen molar-refractivity contribution in [2.45, 2.75) is 12.5 Å². The molecule has 0 bridgehead atoms. The molecular weight excluding hydrogens is 234 g/mol. The third kappa shape index (κ3) is 2.08. The van der Waals surface area contributed by atoms with Crippen molar-refractivity contribution in [1.82, 2.24) is 0 Å². The predicted molar refractivity (Wildman–Crippen MR) is 53.3 cm³/mol. The van der Waals surface area contributed by atoms with Gasteiger partial charge in [0, 0.05) is 4.47 Å². The van der Waals surface area contributed by atoms with Gasteiger partial charge in [0.1, 0.15) is 5.54 Å². The van der Waals surface area contributed by atoms with E-state index in [-0.39, 0.29) is 0 Å². The fourth-order valence-corrected chi connectivity index (χ4v) is 1.18. The van der Waals surface area contributed by atoms with Crippen molar-refractivity contribution in [3.8, 4) is 0 Å². The number of aliphatic carboxylic acids is 1. The highest BCUT2D eigenvalue weighted by atomic mass is 79.9. The van der Waals surface area contributed by atoms with Gasteiger partial charge in [-0.15, -0.1) is 0 Å². The number of carboxylic acids is 1. The van der Waals surface area contributed by atoms with E-state index < -0.39 is 11.5 Å². The summed E-state index contributed by atoms with van der Waals surface area (Å²) in [5.41, 5.74) is 4.88. The first-order valence-electron chi connectivity index (χ1n) is 3.73. The normalized spacial score (nSPS) is 15.0. The number of nitrogens with two attached hydrogens (primary N) is 1. The minimum absolute atomic E-state index is 0.586. The van der Waals surface area contributed by atoms with Gasteiger partial charge in [-0.2, -0.15) is 0 Å². The summed E-state index contributed by atoms with van der Waals surface area (Å²) < 4.78 is 0.900. The van der Waals surface area contributed by atoms with Gasteiger partial charge in [0.25, 0.3) is 0 Å². The molecule has 3 nitrogen and oxygen atoms in total. The largest absolute Gasteiger partial charge is 0.480 e. The van der Waals surface area contributed by atoms with Crippen LogP contribution < -0.4 is 5.73 Å². The zero-order valence-corrected chi connectivity index (χ0v) is 8.71. The second-order valence-corrected chi connectivity index (χ2v) is 3.93. The van der Waals surface area contributed by atoms with Gasteiger partial charge in [-0.05, 0) is 24.6 Å². The van der Waals surface area contributed by atoms with Crippen LogP contribution in [0.3, 0.4) is 0 Å². The number of rotatable bonds is 2. The SMILES string of the molecule is C[C@@](N)(C(=O)O)c1ccc(Br)cc1. The molecule has 0 spiro atoms. The summed E-state index contributed by atoms with van der Waals surface area (Å²) in [5, 5.41) is 8.83. The summed E-state index contributed by atoms with van der Waals surface area (Å²) in [6, 6.07) is 6.92. The van der Waals surface area contributed by atoms with Gasteiger partial charge in [-0.1, -0.05) is 28.1 Å². The van der Waals surface area contributed by atoms with E-state index >= 15 is 0 Å². The molecule has 13 heavy (non-hydrogen) atoms. The molecule has 0 fully saturated rings. The Kier molecular flexibility index (Phi) is 2.73. The number of carboxylic acid groups (broad SMARTS) is 1. The molecule has 0 aromatic heterocycles. The Morgan fingerprint density at radius 2 is 1.92 bits per heavy atom. The molecule has 0 unspecified atom stereocenters. The van der Waals surface area contributed by atoms with Crippen molar-refractivity contribution < 1.29 is 9.90 Å². The lowest BCUT2D eigenvalue weighted by Crippen LogP contribution is -2.41. The molecule has 0 aliphatic heterocycles. The van der Waals surface area contributed by atoms with E-state index in [1.807, 2.05) is 0 Å². The summed E-state index contributed by atoms with van der Waals surface area (Å²) in [6.07, 6.45) is 0. The summed E-state index contributed by atoms with van der Waals surface area (Å²) >= 11 is 3.26. The van der Waals surface area contributed by atoms with Crippen molar-refractivity contribution >= 4 is 21.9 Å². The van der Waals surface area contributed by atoms with Gasteiger partial charge in [-0.25, -0.2) is 4.79 Å². The molecule has 1 rings (SSSR count). The van der Waals surface area contributed by atoms with E-state index in [1.54, 1.807) is 24.3 Å². The lowest BCUT2D eigenvalue weighted by atomic mass is 9.94. The molecule has 0 saturated carbocycles. The summed E-state index contributed by atoms with van der Waals surface area (Å²) in [5.74, 6) is -1.03. The average molecular weight is 244 g/mol. The van der Waals surface area contributed by atoms with E-state index in [9.17, 15) is 4.79 Å². The first-order valence-corrected chi connectivity index (χ1v) is 4.52. The molecule has 0 saturated heterocycles. The van der Waals surface area contributed by atoms with Crippen molar-refractivity contribution in [3.05, 3.63) is 34.3 Å². The van der Waals surface area contributed by atoms with E-state index in [1.165, 1.54) is 6.92 Å². The lowest BCUT2D eigenvalue weighted by molar-refractivity contribution is -0.143. The highest BCUT2D eigenvalue weighted by Crippen LogP contribution is 2.20. The first-order chi connectivity index (χ1) is 5.94. The van der Waals surface area contributed by atoms with Crippen molar-refractivity contribution in [2.75, 3.05) is 0 Å². The fraction of sp³-hybridized carbons (Fsp3) is 0.222. The Labute approximate surface area is 84.7 Å². The lowest BCUT2D eigenvalue weighted by Gasteiger charge is -2.19. The van der Waals surface area contributed by atoms with Crippen LogP contribution in [-0.2, 0) is 10.3 Å². The Bertz CT molecular complexity index is 319. The maximum Gasteiger partial charge on any atom is 0.328 e. The molecule has 0 radical (unpaired) electrons. The van der Waals surface area contributed by atoms with Crippen molar-refractivity contribution in [3.63, 3.8) is 0 Å². The van der Waals surface area contributed by atoms with Gasteiger partial charge < -0.3 is 10.8 Å². The van der Waals surface area contributed by atoms with Gasteiger partial charge in [-0.3, -0.25) is 0 Å². The van der Waals surface area contributed by atoms with Crippen LogP contribution in [0.4, 0.5) is 0 Å². The molecule has 0 aliphatic rings. The Morgan fingerprint density at radius 3 is 2.31 bits per heavy atom. The van der Waals surface area contributed by atoms with Crippen LogP contribution >= 0.6 is 15.9 Å². The van der Waals surface area contributed by atoms with E-state index in [2.05, 4.69) is 15.9 Å². The minimum Gasteiger partial charge on any atom is -0.480 e. The molecule has 3 N–H and O–H groups in total. The smallest absolute Gasteiger partial charge is 0.328 e. The van der Waals surface area contributed by atoms with Gasteiger partial charge in [0.2, 0.25) is 0 Å². The standard InChI is InChI=1S/C9H10BrNO2/c1-9(11,8(12)13)6-2-4-7(10)5-3-6/h2-5H,11H2,1H3,(H,12,13)/t9-/m0/s1.